The van der Waals surface area contributed by atoms with Crippen LogP contribution in [-0.2, 0) is 4.74 Å². The second kappa shape index (κ2) is 7.03. The van der Waals surface area contributed by atoms with Crippen molar-refractivity contribution in [2.24, 2.45) is 0 Å². The van der Waals surface area contributed by atoms with Gasteiger partial charge < -0.3 is 20.1 Å². The van der Waals surface area contributed by atoms with Crippen LogP contribution in [-0.4, -0.2) is 53.3 Å². The fraction of sp³-hybridized carbons (Fsp3) is 0.500. The van der Waals surface area contributed by atoms with Gasteiger partial charge in [0, 0.05) is 20.2 Å². The van der Waals surface area contributed by atoms with Crippen LogP contribution in [0.2, 0.25) is 0 Å². The quantitative estimate of drug-likeness (QED) is 0.883. The number of nitrogens with zero attached hydrogens (tertiary/aromatic N) is 2. The van der Waals surface area contributed by atoms with Gasteiger partial charge in [0.15, 0.2) is 0 Å². The molecular weight excluding hydrogens is 274 g/mol. The molecule has 1 aromatic rings. The van der Waals surface area contributed by atoms with Crippen molar-refractivity contribution in [3.63, 3.8) is 0 Å². The molecule has 114 valence electrons. The highest BCUT2D eigenvalue weighted by molar-refractivity contribution is 5.90. The van der Waals surface area contributed by atoms with E-state index in [-0.39, 0.29) is 17.8 Å². The smallest absolute Gasteiger partial charge is 0.354 e. The summed E-state index contributed by atoms with van der Waals surface area (Å²) in [6, 6.07) is 2.59. The minimum absolute atomic E-state index is 0.0584. The van der Waals surface area contributed by atoms with Gasteiger partial charge in [-0.05, 0) is 31.4 Å². The number of pyridine rings is 1. The van der Waals surface area contributed by atoms with Crippen LogP contribution in [0.3, 0.4) is 0 Å². The van der Waals surface area contributed by atoms with Gasteiger partial charge in [-0.2, -0.15) is 0 Å². The molecule has 0 saturated carbocycles. The molecule has 1 aliphatic heterocycles. The molecule has 21 heavy (non-hydrogen) atoms. The van der Waals surface area contributed by atoms with Crippen molar-refractivity contribution >= 4 is 17.7 Å². The third-order valence-corrected chi connectivity index (χ3v) is 3.33. The second-order valence-corrected chi connectivity index (χ2v) is 5.04. The van der Waals surface area contributed by atoms with Gasteiger partial charge in [0.05, 0.1) is 18.0 Å². The lowest BCUT2D eigenvalue weighted by Gasteiger charge is -2.27. The van der Waals surface area contributed by atoms with Crippen LogP contribution in [0.4, 0.5) is 10.5 Å². The van der Waals surface area contributed by atoms with Gasteiger partial charge in [0.25, 0.3) is 0 Å². The third kappa shape index (κ3) is 4.42. The highest BCUT2D eigenvalue weighted by Crippen LogP contribution is 2.14. The van der Waals surface area contributed by atoms with E-state index in [2.05, 4.69) is 10.3 Å². The fourth-order valence-corrected chi connectivity index (χ4v) is 2.15. The average Bonchev–Trinajstić information content (AvgIpc) is 2.48. The van der Waals surface area contributed by atoms with Crippen molar-refractivity contribution < 1.29 is 19.4 Å². The number of carbonyl (C=O) groups excluding carboxylic acids is 1. The zero-order chi connectivity index (χ0) is 15.2. The average molecular weight is 293 g/mol. The maximum Gasteiger partial charge on any atom is 0.354 e. The molecule has 7 nitrogen and oxygen atoms in total. The molecule has 2 N–H and O–H groups in total. The lowest BCUT2D eigenvalue weighted by Crippen LogP contribution is -2.39. The fourth-order valence-electron chi connectivity index (χ4n) is 2.15. The van der Waals surface area contributed by atoms with Crippen LogP contribution in [0.5, 0.6) is 0 Å². The van der Waals surface area contributed by atoms with E-state index in [1.165, 1.54) is 18.3 Å². The molecule has 1 atom stereocenters. The summed E-state index contributed by atoms with van der Waals surface area (Å²) >= 11 is 0. The minimum atomic E-state index is -1.10. The Hall–Kier alpha value is -2.15. The summed E-state index contributed by atoms with van der Waals surface area (Å²) in [4.78, 5) is 28.0. The number of carboxylic acid groups (broad SMARTS) is 1. The molecular formula is C14H19N3O4. The Morgan fingerprint density at radius 2 is 2.29 bits per heavy atom. The normalized spacial score (nSPS) is 18.0. The van der Waals surface area contributed by atoms with Gasteiger partial charge in [-0.3, -0.25) is 0 Å². The number of amides is 2. The van der Waals surface area contributed by atoms with Crippen LogP contribution in [0.15, 0.2) is 18.3 Å². The number of hydrogen-bond donors (Lipinski definition) is 2. The molecule has 2 heterocycles. The highest BCUT2D eigenvalue weighted by atomic mass is 16.5. The van der Waals surface area contributed by atoms with E-state index in [4.69, 9.17) is 9.84 Å². The predicted octanol–water partition coefficient (Wildman–Crippen LogP) is 1.81. The maximum atomic E-state index is 12.0. The third-order valence-electron chi connectivity index (χ3n) is 3.33. The van der Waals surface area contributed by atoms with Crippen LogP contribution in [0, 0.1) is 0 Å². The van der Waals surface area contributed by atoms with Gasteiger partial charge in [0.1, 0.15) is 5.69 Å². The van der Waals surface area contributed by atoms with Crippen LogP contribution < -0.4 is 5.32 Å². The van der Waals surface area contributed by atoms with Crippen LogP contribution >= 0.6 is 0 Å². The molecule has 1 saturated heterocycles. The number of ether oxygens (including phenoxy) is 1. The SMILES string of the molecule is CN(CC1CCCCO1)C(=O)Nc1ccc(C(=O)O)nc1. The molecule has 0 spiro atoms. The summed E-state index contributed by atoms with van der Waals surface area (Å²) in [6.07, 6.45) is 4.58. The number of carbonyl (C=O) groups is 2. The molecule has 1 unspecified atom stereocenters. The van der Waals surface area contributed by atoms with E-state index in [0.29, 0.717) is 12.2 Å². The Bertz CT molecular complexity index is 497. The molecule has 0 bridgehead atoms. The number of nitrogens with one attached hydrogen (secondary N) is 1. The van der Waals surface area contributed by atoms with E-state index >= 15 is 0 Å². The van der Waals surface area contributed by atoms with Crippen molar-refractivity contribution in [1.29, 1.82) is 0 Å². The number of anilines is 1. The van der Waals surface area contributed by atoms with E-state index in [1.807, 2.05) is 0 Å². The van der Waals surface area contributed by atoms with E-state index in [1.54, 1.807) is 11.9 Å². The van der Waals surface area contributed by atoms with Crippen molar-refractivity contribution in [2.45, 2.75) is 25.4 Å². The molecule has 2 rings (SSSR count). The van der Waals surface area contributed by atoms with Gasteiger partial charge >= 0.3 is 12.0 Å². The Morgan fingerprint density at radius 3 is 2.86 bits per heavy atom. The first-order valence-electron chi connectivity index (χ1n) is 6.89. The number of rotatable bonds is 4. The molecule has 0 aliphatic carbocycles. The number of urea groups is 1. The van der Waals surface area contributed by atoms with Crippen LogP contribution in [0.1, 0.15) is 29.8 Å². The molecule has 2 amide bonds. The lowest BCUT2D eigenvalue weighted by atomic mass is 10.1. The van der Waals surface area contributed by atoms with Crippen molar-refractivity contribution in [2.75, 3.05) is 25.5 Å². The first kappa shape index (κ1) is 15.2. The Morgan fingerprint density at radius 1 is 1.48 bits per heavy atom. The summed E-state index contributed by atoms with van der Waals surface area (Å²) in [5.74, 6) is -1.10. The summed E-state index contributed by atoms with van der Waals surface area (Å²) in [5, 5.41) is 11.4. The largest absolute Gasteiger partial charge is 0.477 e. The summed E-state index contributed by atoms with van der Waals surface area (Å²) in [7, 11) is 1.70. The Kier molecular flexibility index (Phi) is 5.10. The van der Waals surface area contributed by atoms with E-state index < -0.39 is 5.97 Å². The summed E-state index contributed by atoms with van der Waals surface area (Å²) in [6.45, 7) is 1.28. The molecule has 1 aliphatic rings. The van der Waals surface area contributed by atoms with Crippen molar-refractivity contribution in [3.05, 3.63) is 24.0 Å². The zero-order valence-corrected chi connectivity index (χ0v) is 11.9. The Balaban J connectivity index is 1.86. The number of likely N-dealkylation sites (N-methyl/N-ethyl adjacent to an activating group) is 1. The Labute approximate surface area is 122 Å². The first-order valence-corrected chi connectivity index (χ1v) is 6.89. The van der Waals surface area contributed by atoms with Crippen molar-refractivity contribution in [3.8, 4) is 0 Å². The predicted molar refractivity (Wildman–Crippen MR) is 76.4 cm³/mol. The monoisotopic (exact) mass is 293 g/mol. The topological polar surface area (TPSA) is 91.8 Å². The molecule has 0 aromatic carbocycles. The second-order valence-electron chi connectivity index (χ2n) is 5.04. The maximum absolute atomic E-state index is 12.0. The van der Waals surface area contributed by atoms with E-state index in [9.17, 15) is 9.59 Å². The zero-order valence-electron chi connectivity index (χ0n) is 11.9. The first-order chi connectivity index (χ1) is 10.1. The molecule has 7 heteroatoms. The number of carboxylic acids is 1. The standard InChI is InChI=1S/C14H19N3O4/c1-17(9-11-4-2-3-7-21-11)14(20)16-10-5-6-12(13(18)19)15-8-10/h5-6,8,11H,2-4,7,9H2,1H3,(H,16,20)(H,18,19). The van der Waals surface area contributed by atoms with Gasteiger partial charge in [-0.25, -0.2) is 14.6 Å². The van der Waals surface area contributed by atoms with E-state index in [0.717, 1.165) is 25.9 Å². The lowest BCUT2D eigenvalue weighted by molar-refractivity contribution is 0.00463. The number of aromatic nitrogens is 1. The molecule has 0 radical (unpaired) electrons. The minimum Gasteiger partial charge on any atom is -0.477 e. The molecule has 1 aromatic heterocycles. The number of aromatic carboxylic acids is 1. The number of hydrogen-bond acceptors (Lipinski definition) is 4. The van der Waals surface area contributed by atoms with Gasteiger partial charge in [-0.1, -0.05) is 0 Å². The highest BCUT2D eigenvalue weighted by Gasteiger charge is 2.19. The van der Waals surface area contributed by atoms with Crippen LogP contribution in [0.25, 0.3) is 0 Å². The molecule has 1 fully saturated rings. The van der Waals surface area contributed by atoms with Crippen molar-refractivity contribution in [1.82, 2.24) is 9.88 Å². The summed E-state index contributed by atoms with van der Waals surface area (Å²) in [5.41, 5.74) is 0.401. The van der Waals surface area contributed by atoms with Gasteiger partial charge in [-0.15, -0.1) is 0 Å². The summed E-state index contributed by atoms with van der Waals surface area (Å²) < 4.78 is 5.59. The van der Waals surface area contributed by atoms with Gasteiger partial charge in [0.2, 0.25) is 0 Å².